The number of anilines is 1. The average Bonchev–Trinajstić information content (AvgIpc) is 3.26. The van der Waals surface area contributed by atoms with E-state index in [0.717, 1.165) is 46.9 Å². The van der Waals surface area contributed by atoms with Gasteiger partial charge in [0.15, 0.2) is 0 Å². The number of fused-ring (bicyclic) bond motifs is 1. The van der Waals surface area contributed by atoms with Crippen molar-refractivity contribution in [1.82, 2.24) is 9.98 Å². The summed E-state index contributed by atoms with van der Waals surface area (Å²) in [4.78, 5) is 0. The Labute approximate surface area is 134 Å². The highest BCUT2D eigenvalue weighted by Crippen LogP contribution is 2.21. The van der Waals surface area contributed by atoms with Crippen molar-refractivity contribution in [3.8, 4) is 17.2 Å². The molecule has 0 amide bonds. The van der Waals surface area contributed by atoms with Crippen LogP contribution in [0.2, 0.25) is 0 Å². The summed E-state index contributed by atoms with van der Waals surface area (Å²) in [6.07, 6.45) is 5.00. The van der Waals surface area contributed by atoms with Crippen LogP contribution in [-0.2, 0) is 0 Å². The maximum absolute atomic E-state index is 9.11. The van der Waals surface area contributed by atoms with Crippen LogP contribution in [0.1, 0.15) is 12.0 Å². The van der Waals surface area contributed by atoms with Gasteiger partial charge in [-0.2, -0.15) is 5.26 Å². The number of benzene rings is 2. The normalized spacial score (nSPS) is 18.0. The Bertz CT molecular complexity index is 956. The molecule has 2 aliphatic rings. The molecule has 4 nitrogen and oxygen atoms in total. The lowest BCUT2D eigenvalue weighted by Gasteiger charge is -2.12. The minimum absolute atomic E-state index is 0.440. The van der Waals surface area contributed by atoms with Crippen LogP contribution in [0.25, 0.3) is 17.2 Å². The lowest BCUT2D eigenvalue weighted by Crippen LogP contribution is -2.32. The molecule has 2 aromatic rings. The zero-order chi connectivity index (χ0) is 15.6. The average molecular weight is 301 g/mol. The molecule has 2 aromatic carbocycles. The van der Waals surface area contributed by atoms with Gasteiger partial charge in [-0.1, -0.05) is 16.8 Å². The smallest absolute Gasteiger partial charge is 0.357 e. The third-order valence-corrected chi connectivity index (χ3v) is 4.34. The van der Waals surface area contributed by atoms with E-state index < -0.39 is 0 Å². The molecule has 1 unspecified atom stereocenters. The molecule has 1 atom stereocenters. The summed E-state index contributed by atoms with van der Waals surface area (Å²) in [7, 11) is 0. The Morgan fingerprint density at radius 3 is 3.00 bits per heavy atom. The van der Waals surface area contributed by atoms with E-state index in [2.05, 4.69) is 33.5 Å². The first kappa shape index (κ1) is 13.8. The zero-order valence-corrected chi connectivity index (χ0v) is 12.7. The van der Waals surface area contributed by atoms with Crippen molar-refractivity contribution in [3.05, 3.63) is 52.5 Å². The molecule has 112 valence electrons. The van der Waals surface area contributed by atoms with Crippen molar-refractivity contribution in [1.29, 1.82) is 5.26 Å². The van der Waals surface area contributed by atoms with E-state index in [1.807, 2.05) is 36.6 Å². The fourth-order valence-corrected chi connectivity index (χ4v) is 3.16. The van der Waals surface area contributed by atoms with Crippen LogP contribution in [0.4, 0.5) is 5.69 Å². The van der Waals surface area contributed by atoms with Crippen molar-refractivity contribution in [2.75, 3.05) is 18.4 Å². The van der Waals surface area contributed by atoms with Gasteiger partial charge in [0.2, 0.25) is 0 Å². The number of hydrogen-bond acceptors (Lipinski definition) is 3. The van der Waals surface area contributed by atoms with E-state index in [0.29, 0.717) is 11.6 Å². The van der Waals surface area contributed by atoms with Crippen LogP contribution in [0.5, 0.6) is 0 Å². The van der Waals surface area contributed by atoms with Crippen LogP contribution in [0.15, 0.2) is 36.4 Å². The second-order valence-electron chi connectivity index (χ2n) is 5.93. The first-order chi connectivity index (χ1) is 11.3. The van der Waals surface area contributed by atoms with Crippen molar-refractivity contribution in [2.45, 2.75) is 12.5 Å². The molecule has 0 aromatic heterocycles. The molecule has 0 radical (unpaired) electrons. The molecular weight excluding hydrogens is 284 g/mol. The first-order valence-electron chi connectivity index (χ1n) is 7.87. The van der Waals surface area contributed by atoms with Gasteiger partial charge < -0.3 is 10.6 Å². The summed E-state index contributed by atoms with van der Waals surface area (Å²) in [6, 6.07) is 14.7. The minimum Gasteiger partial charge on any atom is -0.375 e. The van der Waals surface area contributed by atoms with Gasteiger partial charge >= 0.3 is 5.36 Å². The largest absolute Gasteiger partial charge is 0.375 e. The quantitative estimate of drug-likeness (QED) is 0.814. The number of nitriles is 1. The Balaban J connectivity index is 1.80. The lowest BCUT2D eigenvalue weighted by molar-refractivity contribution is 0.791. The fourth-order valence-electron chi connectivity index (χ4n) is 3.16. The summed E-state index contributed by atoms with van der Waals surface area (Å²) in [5.41, 5.74) is 3.91. The van der Waals surface area contributed by atoms with E-state index in [4.69, 9.17) is 5.26 Å². The highest BCUT2D eigenvalue weighted by molar-refractivity contribution is 5.92. The molecule has 0 bridgehead atoms. The van der Waals surface area contributed by atoms with Crippen molar-refractivity contribution < 1.29 is 0 Å². The summed E-state index contributed by atoms with van der Waals surface area (Å²) in [6.45, 7) is 2.04. The van der Waals surface area contributed by atoms with Gasteiger partial charge in [-0.05, 0) is 48.4 Å². The fraction of sp³-hybridized carbons (Fsp3) is 0.211. The van der Waals surface area contributed by atoms with Crippen LogP contribution in [0.3, 0.4) is 0 Å². The zero-order valence-electron chi connectivity index (χ0n) is 12.7. The Hall–Kier alpha value is -2.86. The molecule has 0 aliphatic carbocycles. The minimum atomic E-state index is 0.440. The maximum Gasteiger partial charge on any atom is 0.357 e. The summed E-state index contributed by atoms with van der Waals surface area (Å²) in [5, 5.41) is 18.2. The molecule has 4 rings (SSSR count). The summed E-state index contributed by atoms with van der Waals surface area (Å²) >= 11 is 0. The Morgan fingerprint density at radius 1 is 1.22 bits per heavy atom. The number of hydrogen-bond donors (Lipinski definition) is 2. The summed E-state index contributed by atoms with van der Waals surface area (Å²) in [5.74, 6) is 0. The first-order valence-corrected chi connectivity index (χ1v) is 7.87. The van der Waals surface area contributed by atoms with E-state index in [1.54, 1.807) is 0 Å². The van der Waals surface area contributed by atoms with Gasteiger partial charge in [-0.15, -0.1) is 0 Å². The topological polar surface area (TPSA) is 62.0 Å². The lowest BCUT2D eigenvalue weighted by atomic mass is 10.0. The third kappa shape index (κ3) is 2.64. The van der Waals surface area contributed by atoms with Gasteiger partial charge in [-0.3, -0.25) is 0 Å². The maximum atomic E-state index is 9.11. The standard InChI is InChI=1S/C19H16N4/c20-11-13-2-1-3-14(8-13)16-9-15-4-7-22-19(15)18(10-16)23-17-5-6-21-12-17/h1-4,7-10,17,21H,5-6,12H2/p+1. The molecule has 1 saturated heterocycles. The molecule has 2 aliphatic heterocycles. The van der Waals surface area contributed by atoms with E-state index >= 15 is 0 Å². The van der Waals surface area contributed by atoms with Gasteiger partial charge in [-0.25, -0.2) is 0 Å². The molecule has 2 N–H and O–H groups in total. The van der Waals surface area contributed by atoms with Gasteiger partial charge in [0.1, 0.15) is 5.69 Å². The second-order valence-corrected chi connectivity index (χ2v) is 5.93. The molecule has 0 spiro atoms. The molecule has 4 heteroatoms. The Kier molecular flexibility index (Phi) is 3.44. The number of nitrogens with one attached hydrogen (secondary N) is 2. The number of rotatable bonds is 3. The van der Waals surface area contributed by atoms with E-state index in [-0.39, 0.29) is 0 Å². The van der Waals surface area contributed by atoms with Crippen LogP contribution in [-0.4, -0.2) is 25.3 Å². The van der Waals surface area contributed by atoms with Crippen LogP contribution < -0.4 is 25.9 Å². The van der Waals surface area contributed by atoms with Crippen molar-refractivity contribution in [3.63, 3.8) is 0 Å². The molecule has 2 heterocycles. The summed E-state index contributed by atoms with van der Waals surface area (Å²) < 4.78 is 4.49. The highest BCUT2D eigenvalue weighted by atomic mass is 15.0. The molecule has 23 heavy (non-hydrogen) atoms. The number of nitrogens with zero attached hydrogens (tertiary/aromatic N) is 2. The van der Waals surface area contributed by atoms with Crippen molar-refractivity contribution >= 4 is 18.0 Å². The van der Waals surface area contributed by atoms with Gasteiger partial charge in [0.05, 0.1) is 16.9 Å². The molecule has 1 fully saturated rings. The monoisotopic (exact) mass is 301 g/mol. The van der Waals surface area contributed by atoms with Crippen molar-refractivity contribution in [2.24, 2.45) is 0 Å². The van der Waals surface area contributed by atoms with Crippen LogP contribution in [0, 0.1) is 11.3 Å². The molecular formula is C19H17N4+. The SMILES string of the molecule is N#Cc1cccc(-c2cc(NC3CCNC3)c3c(c2)=CC=[N+]=3)c1. The highest BCUT2D eigenvalue weighted by Gasteiger charge is 2.19. The van der Waals surface area contributed by atoms with Crippen LogP contribution >= 0.6 is 0 Å². The second kappa shape index (κ2) is 5.73. The molecule has 0 saturated carbocycles. The Morgan fingerprint density at radius 2 is 2.17 bits per heavy atom. The van der Waals surface area contributed by atoms with E-state index in [1.165, 1.54) is 0 Å². The van der Waals surface area contributed by atoms with E-state index in [9.17, 15) is 0 Å². The predicted molar refractivity (Wildman–Crippen MR) is 92.5 cm³/mol. The predicted octanol–water partition coefficient (Wildman–Crippen LogP) is 0.551. The van der Waals surface area contributed by atoms with Gasteiger partial charge in [0.25, 0.3) is 6.21 Å². The van der Waals surface area contributed by atoms with Gasteiger partial charge in [0, 0.05) is 18.7 Å². The third-order valence-electron chi connectivity index (χ3n) is 4.34.